The van der Waals surface area contributed by atoms with Crippen LogP contribution >= 0.6 is 15.9 Å². The van der Waals surface area contributed by atoms with Gasteiger partial charge in [0.2, 0.25) is 5.91 Å². The van der Waals surface area contributed by atoms with Gasteiger partial charge in [0.15, 0.2) is 0 Å². The second kappa shape index (κ2) is 9.11. The molecule has 6 nitrogen and oxygen atoms in total. The van der Waals surface area contributed by atoms with Crippen LogP contribution in [0, 0.1) is 0 Å². The minimum atomic E-state index is -3.97. The Morgan fingerprint density at radius 3 is 2.38 bits per heavy atom. The number of hydrogen-bond donors (Lipinski definition) is 1. The van der Waals surface area contributed by atoms with Gasteiger partial charge in [-0.05, 0) is 52.3 Å². The highest BCUT2D eigenvalue weighted by Crippen LogP contribution is 2.27. The molecule has 0 heterocycles. The topological polar surface area (TPSA) is 75.7 Å². The first kappa shape index (κ1) is 20.9. The molecule has 0 aliphatic rings. The Bertz CT molecular complexity index is 1100. The van der Waals surface area contributed by atoms with E-state index in [9.17, 15) is 13.2 Å². The van der Waals surface area contributed by atoms with E-state index in [-0.39, 0.29) is 4.90 Å². The summed E-state index contributed by atoms with van der Waals surface area (Å²) in [4.78, 5) is 12.8. The standard InChI is InChI=1S/C21H19BrN2O4S/c1-28-17-9-7-8-16(14-17)24(29(26,27)18-10-3-2-4-11-18)15-21(25)23-20-13-6-5-12-19(20)22/h2-14H,15H2,1H3,(H,23,25). The number of amides is 1. The SMILES string of the molecule is COc1cccc(N(CC(=O)Nc2ccccc2Br)S(=O)(=O)c2ccccc2)c1. The van der Waals surface area contributed by atoms with E-state index in [0.29, 0.717) is 21.6 Å². The van der Waals surface area contributed by atoms with Crippen molar-refractivity contribution < 1.29 is 17.9 Å². The van der Waals surface area contributed by atoms with Crippen molar-refractivity contribution >= 4 is 43.2 Å². The van der Waals surface area contributed by atoms with Crippen molar-refractivity contribution in [3.05, 3.63) is 83.3 Å². The van der Waals surface area contributed by atoms with Crippen molar-refractivity contribution in [1.29, 1.82) is 0 Å². The molecule has 0 spiro atoms. The van der Waals surface area contributed by atoms with E-state index in [4.69, 9.17) is 4.74 Å². The summed E-state index contributed by atoms with van der Waals surface area (Å²) >= 11 is 3.37. The highest BCUT2D eigenvalue weighted by molar-refractivity contribution is 9.10. The van der Waals surface area contributed by atoms with Gasteiger partial charge in [-0.15, -0.1) is 0 Å². The lowest BCUT2D eigenvalue weighted by Crippen LogP contribution is -2.38. The van der Waals surface area contributed by atoms with E-state index in [2.05, 4.69) is 21.2 Å². The van der Waals surface area contributed by atoms with Gasteiger partial charge in [0, 0.05) is 10.5 Å². The fourth-order valence-electron chi connectivity index (χ4n) is 2.68. The van der Waals surface area contributed by atoms with Gasteiger partial charge in [0.05, 0.1) is 23.4 Å². The number of methoxy groups -OCH3 is 1. The van der Waals surface area contributed by atoms with Gasteiger partial charge in [0.25, 0.3) is 10.0 Å². The normalized spacial score (nSPS) is 11.0. The number of rotatable bonds is 7. The van der Waals surface area contributed by atoms with E-state index < -0.39 is 22.5 Å². The predicted octanol–water partition coefficient (Wildman–Crippen LogP) is 4.29. The number of carbonyl (C=O) groups excluding carboxylic acids is 1. The Hall–Kier alpha value is -2.84. The third-order valence-corrected chi connectivity index (χ3v) is 6.59. The number of halogens is 1. The number of hydrogen-bond acceptors (Lipinski definition) is 4. The summed E-state index contributed by atoms with van der Waals surface area (Å²) in [7, 11) is -2.48. The van der Waals surface area contributed by atoms with Gasteiger partial charge in [-0.3, -0.25) is 9.10 Å². The minimum absolute atomic E-state index is 0.0940. The third kappa shape index (κ3) is 4.96. The molecule has 3 aromatic carbocycles. The second-order valence-electron chi connectivity index (χ2n) is 6.05. The van der Waals surface area contributed by atoms with E-state index >= 15 is 0 Å². The Morgan fingerprint density at radius 2 is 1.69 bits per heavy atom. The van der Waals surface area contributed by atoms with Gasteiger partial charge < -0.3 is 10.1 Å². The van der Waals surface area contributed by atoms with Crippen LogP contribution in [0.1, 0.15) is 0 Å². The molecule has 0 radical (unpaired) electrons. The predicted molar refractivity (Wildman–Crippen MR) is 117 cm³/mol. The molecule has 0 aliphatic heterocycles. The summed E-state index contributed by atoms with van der Waals surface area (Å²) in [6, 6.07) is 21.7. The molecule has 29 heavy (non-hydrogen) atoms. The molecule has 0 saturated carbocycles. The van der Waals surface area contributed by atoms with Crippen molar-refractivity contribution in [3.8, 4) is 5.75 Å². The number of para-hydroxylation sites is 1. The molecule has 3 rings (SSSR count). The van der Waals surface area contributed by atoms with Gasteiger partial charge in [-0.25, -0.2) is 8.42 Å². The zero-order chi connectivity index (χ0) is 20.9. The summed E-state index contributed by atoms with van der Waals surface area (Å²) in [5.41, 5.74) is 0.885. The van der Waals surface area contributed by atoms with Gasteiger partial charge >= 0.3 is 0 Å². The lowest BCUT2D eigenvalue weighted by molar-refractivity contribution is -0.114. The second-order valence-corrected chi connectivity index (χ2v) is 8.77. The number of benzene rings is 3. The highest BCUT2D eigenvalue weighted by Gasteiger charge is 2.27. The maximum Gasteiger partial charge on any atom is 0.264 e. The average molecular weight is 475 g/mol. The fourth-order valence-corrected chi connectivity index (χ4v) is 4.50. The summed E-state index contributed by atoms with van der Waals surface area (Å²) in [6.45, 7) is -0.397. The Morgan fingerprint density at radius 1 is 1.00 bits per heavy atom. The summed E-state index contributed by atoms with van der Waals surface area (Å²) in [6.07, 6.45) is 0. The lowest BCUT2D eigenvalue weighted by Gasteiger charge is -2.24. The van der Waals surface area contributed by atoms with Crippen LogP contribution in [0.15, 0.2) is 88.2 Å². The Balaban J connectivity index is 1.97. The number of anilines is 2. The van der Waals surface area contributed by atoms with Crippen LogP contribution in [0.2, 0.25) is 0 Å². The van der Waals surface area contributed by atoms with Crippen LogP contribution < -0.4 is 14.4 Å². The third-order valence-electron chi connectivity index (χ3n) is 4.11. The largest absolute Gasteiger partial charge is 0.497 e. The maximum absolute atomic E-state index is 13.3. The molecule has 0 aromatic heterocycles. The monoisotopic (exact) mass is 474 g/mol. The molecular weight excluding hydrogens is 456 g/mol. The van der Waals surface area contributed by atoms with Crippen molar-refractivity contribution in [2.75, 3.05) is 23.3 Å². The highest BCUT2D eigenvalue weighted by atomic mass is 79.9. The quantitative estimate of drug-likeness (QED) is 0.553. The molecule has 150 valence electrons. The summed E-state index contributed by atoms with van der Waals surface area (Å²) in [5, 5.41) is 2.74. The van der Waals surface area contributed by atoms with E-state index in [1.807, 2.05) is 6.07 Å². The van der Waals surface area contributed by atoms with Gasteiger partial charge in [0.1, 0.15) is 12.3 Å². The molecular formula is C21H19BrN2O4S. The molecule has 0 aliphatic carbocycles. The molecule has 0 atom stereocenters. The van der Waals surface area contributed by atoms with Crippen molar-refractivity contribution in [3.63, 3.8) is 0 Å². The molecule has 1 amide bonds. The first-order valence-corrected chi connectivity index (χ1v) is 10.9. The van der Waals surface area contributed by atoms with E-state index in [1.54, 1.807) is 60.7 Å². The average Bonchev–Trinajstić information content (AvgIpc) is 2.74. The summed E-state index contributed by atoms with van der Waals surface area (Å²) < 4.78 is 33.5. The lowest BCUT2D eigenvalue weighted by atomic mass is 10.3. The number of ether oxygens (including phenoxy) is 1. The van der Waals surface area contributed by atoms with Crippen LogP contribution in [0.4, 0.5) is 11.4 Å². The van der Waals surface area contributed by atoms with Crippen LogP contribution in [0.5, 0.6) is 5.75 Å². The fraction of sp³-hybridized carbons (Fsp3) is 0.0952. The zero-order valence-corrected chi connectivity index (χ0v) is 18.0. The van der Waals surface area contributed by atoms with Crippen LogP contribution in [0.3, 0.4) is 0 Å². The van der Waals surface area contributed by atoms with E-state index in [1.165, 1.54) is 19.2 Å². The first-order valence-electron chi connectivity index (χ1n) is 8.68. The number of sulfonamides is 1. The van der Waals surface area contributed by atoms with Gasteiger partial charge in [-0.1, -0.05) is 36.4 Å². The van der Waals surface area contributed by atoms with Crippen LogP contribution in [-0.4, -0.2) is 28.0 Å². The number of nitrogens with one attached hydrogen (secondary N) is 1. The van der Waals surface area contributed by atoms with Crippen molar-refractivity contribution in [2.24, 2.45) is 0 Å². The molecule has 8 heteroatoms. The molecule has 3 aromatic rings. The molecule has 0 unspecified atom stereocenters. The molecule has 0 fully saturated rings. The smallest absolute Gasteiger partial charge is 0.264 e. The Labute approximate surface area is 178 Å². The van der Waals surface area contributed by atoms with Crippen LogP contribution in [0.25, 0.3) is 0 Å². The van der Waals surface area contributed by atoms with Crippen LogP contribution in [-0.2, 0) is 14.8 Å². The van der Waals surface area contributed by atoms with Crippen molar-refractivity contribution in [2.45, 2.75) is 4.90 Å². The minimum Gasteiger partial charge on any atom is -0.497 e. The summed E-state index contributed by atoms with van der Waals surface area (Å²) in [5.74, 6) is 0.0150. The molecule has 1 N–H and O–H groups in total. The number of nitrogens with zero attached hydrogens (tertiary/aromatic N) is 1. The first-order chi connectivity index (χ1) is 13.9. The number of carbonyl (C=O) groups is 1. The maximum atomic E-state index is 13.3. The molecule has 0 saturated heterocycles. The zero-order valence-electron chi connectivity index (χ0n) is 15.6. The van der Waals surface area contributed by atoms with E-state index in [0.717, 1.165) is 4.31 Å². The van der Waals surface area contributed by atoms with Gasteiger partial charge in [-0.2, -0.15) is 0 Å². The Kier molecular flexibility index (Phi) is 6.56. The van der Waals surface area contributed by atoms with Crippen molar-refractivity contribution in [1.82, 2.24) is 0 Å². The molecule has 0 bridgehead atoms.